The number of carboxylic acid groups (broad SMARTS) is 1. The molecular formula is C14H18ClNO3. The summed E-state index contributed by atoms with van der Waals surface area (Å²) in [4.78, 5) is 13.4. The van der Waals surface area contributed by atoms with E-state index in [2.05, 4.69) is 6.92 Å². The summed E-state index contributed by atoms with van der Waals surface area (Å²) in [5.41, 5.74) is 0.850. The van der Waals surface area contributed by atoms with Crippen LogP contribution in [0.1, 0.15) is 23.7 Å². The van der Waals surface area contributed by atoms with E-state index in [0.717, 1.165) is 13.0 Å². The quantitative estimate of drug-likeness (QED) is 0.927. The van der Waals surface area contributed by atoms with Crippen LogP contribution in [0.25, 0.3) is 0 Å². The monoisotopic (exact) mass is 283 g/mol. The molecule has 1 saturated heterocycles. The van der Waals surface area contributed by atoms with Gasteiger partial charge in [0.25, 0.3) is 0 Å². The number of rotatable bonds is 3. The standard InChI is InChI=1S/C14H18ClNO3/c1-9-6-7-16(8-12(9)19-2)11-5-3-4-10(15)13(11)14(17)18/h3-5,9,12H,6-8H2,1-2H3,(H,17,18). The van der Waals surface area contributed by atoms with E-state index in [1.54, 1.807) is 25.3 Å². The fourth-order valence-corrected chi connectivity index (χ4v) is 2.80. The van der Waals surface area contributed by atoms with Crippen molar-refractivity contribution >= 4 is 23.3 Å². The highest BCUT2D eigenvalue weighted by molar-refractivity contribution is 6.34. The minimum absolute atomic E-state index is 0.120. The van der Waals surface area contributed by atoms with Crippen LogP contribution in [0.5, 0.6) is 0 Å². The van der Waals surface area contributed by atoms with Gasteiger partial charge in [0.15, 0.2) is 0 Å². The highest BCUT2D eigenvalue weighted by Gasteiger charge is 2.28. The molecule has 1 heterocycles. The van der Waals surface area contributed by atoms with E-state index >= 15 is 0 Å². The van der Waals surface area contributed by atoms with E-state index in [-0.39, 0.29) is 16.7 Å². The third-order valence-electron chi connectivity index (χ3n) is 3.74. The van der Waals surface area contributed by atoms with Crippen LogP contribution in [0.3, 0.4) is 0 Å². The minimum atomic E-state index is -0.992. The molecule has 1 fully saturated rings. The number of benzene rings is 1. The Labute approximate surface area is 117 Å². The average molecular weight is 284 g/mol. The fraction of sp³-hybridized carbons (Fsp3) is 0.500. The normalized spacial score (nSPS) is 23.4. The van der Waals surface area contributed by atoms with Crippen LogP contribution in [0.15, 0.2) is 18.2 Å². The number of carbonyl (C=O) groups is 1. The maximum Gasteiger partial charge on any atom is 0.339 e. The van der Waals surface area contributed by atoms with Gasteiger partial charge in [-0.25, -0.2) is 4.79 Å². The van der Waals surface area contributed by atoms with Crippen molar-refractivity contribution in [1.82, 2.24) is 0 Å². The number of anilines is 1. The van der Waals surface area contributed by atoms with E-state index in [0.29, 0.717) is 18.2 Å². The first-order valence-corrected chi connectivity index (χ1v) is 6.72. The third-order valence-corrected chi connectivity index (χ3v) is 4.05. The van der Waals surface area contributed by atoms with Crippen LogP contribution < -0.4 is 4.90 Å². The molecule has 0 aliphatic carbocycles. The van der Waals surface area contributed by atoms with Gasteiger partial charge in [-0.15, -0.1) is 0 Å². The summed E-state index contributed by atoms with van der Waals surface area (Å²) >= 11 is 6.00. The SMILES string of the molecule is COC1CN(c2cccc(Cl)c2C(=O)O)CCC1C. The van der Waals surface area contributed by atoms with Crippen molar-refractivity contribution in [2.24, 2.45) is 5.92 Å². The second kappa shape index (κ2) is 5.80. The molecule has 0 radical (unpaired) electrons. The second-order valence-electron chi connectivity index (χ2n) is 4.93. The smallest absolute Gasteiger partial charge is 0.339 e. The molecule has 0 saturated carbocycles. The third kappa shape index (κ3) is 2.85. The van der Waals surface area contributed by atoms with Crippen molar-refractivity contribution in [2.75, 3.05) is 25.1 Å². The molecule has 1 aromatic carbocycles. The van der Waals surface area contributed by atoms with Crippen molar-refractivity contribution in [2.45, 2.75) is 19.4 Å². The summed E-state index contributed by atoms with van der Waals surface area (Å²) < 4.78 is 5.46. The molecule has 4 nitrogen and oxygen atoms in total. The summed E-state index contributed by atoms with van der Waals surface area (Å²) in [6, 6.07) is 5.19. The van der Waals surface area contributed by atoms with E-state index < -0.39 is 5.97 Å². The number of nitrogens with zero attached hydrogens (tertiary/aromatic N) is 1. The van der Waals surface area contributed by atoms with Gasteiger partial charge in [-0.3, -0.25) is 0 Å². The summed E-state index contributed by atoms with van der Waals surface area (Å²) in [6.45, 7) is 3.67. The Hall–Kier alpha value is -1.26. The van der Waals surface area contributed by atoms with Crippen molar-refractivity contribution in [3.05, 3.63) is 28.8 Å². The van der Waals surface area contributed by atoms with Gasteiger partial charge in [-0.1, -0.05) is 24.6 Å². The first-order valence-electron chi connectivity index (χ1n) is 6.34. The summed E-state index contributed by atoms with van der Waals surface area (Å²) in [5, 5.41) is 9.59. The first-order chi connectivity index (χ1) is 9.04. The number of hydrogen-bond acceptors (Lipinski definition) is 3. The van der Waals surface area contributed by atoms with E-state index in [4.69, 9.17) is 16.3 Å². The molecule has 2 rings (SSSR count). The summed E-state index contributed by atoms with van der Waals surface area (Å²) in [5.74, 6) is -0.512. The molecule has 0 spiro atoms. The van der Waals surface area contributed by atoms with Gasteiger partial charge in [0.1, 0.15) is 5.56 Å². The molecule has 1 aliphatic rings. The second-order valence-corrected chi connectivity index (χ2v) is 5.33. The molecule has 2 unspecified atom stereocenters. The molecule has 0 aromatic heterocycles. The number of aromatic carboxylic acids is 1. The van der Waals surface area contributed by atoms with E-state index in [9.17, 15) is 9.90 Å². The molecule has 1 aromatic rings. The number of carboxylic acids is 1. The largest absolute Gasteiger partial charge is 0.478 e. The molecule has 104 valence electrons. The Bertz CT molecular complexity index is 478. The van der Waals surface area contributed by atoms with E-state index in [1.165, 1.54) is 0 Å². The summed E-state index contributed by atoms with van der Waals surface area (Å²) in [6.07, 6.45) is 1.10. The lowest BCUT2D eigenvalue weighted by Gasteiger charge is -2.38. The van der Waals surface area contributed by atoms with Gasteiger partial charge in [-0.05, 0) is 24.5 Å². The highest BCUT2D eigenvalue weighted by atomic mass is 35.5. The molecule has 5 heteroatoms. The first kappa shape index (κ1) is 14.2. The lowest BCUT2D eigenvalue weighted by molar-refractivity contribution is 0.0496. The molecule has 2 atom stereocenters. The number of methoxy groups -OCH3 is 1. The highest BCUT2D eigenvalue weighted by Crippen LogP contribution is 2.31. The van der Waals surface area contributed by atoms with Gasteiger partial charge in [0, 0.05) is 20.2 Å². The molecule has 1 N–H and O–H groups in total. The average Bonchev–Trinajstić information content (AvgIpc) is 2.38. The molecule has 1 aliphatic heterocycles. The zero-order valence-electron chi connectivity index (χ0n) is 11.1. The van der Waals surface area contributed by atoms with Gasteiger partial charge < -0.3 is 14.7 Å². The van der Waals surface area contributed by atoms with Crippen LogP contribution in [0.4, 0.5) is 5.69 Å². The van der Waals surface area contributed by atoms with Crippen LogP contribution in [0, 0.1) is 5.92 Å². The van der Waals surface area contributed by atoms with Crippen molar-refractivity contribution in [3.8, 4) is 0 Å². The van der Waals surface area contributed by atoms with Crippen LogP contribution in [0.2, 0.25) is 5.02 Å². The molecular weight excluding hydrogens is 266 g/mol. The fourth-order valence-electron chi connectivity index (χ4n) is 2.55. The Morgan fingerprint density at radius 1 is 1.53 bits per heavy atom. The number of hydrogen-bond donors (Lipinski definition) is 1. The number of piperidine rings is 1. The number of ether oxygens (including phenoxy) is 1. The van der Waals surface area contributed by atoms with Crippen molar-refractivity contribution in [3.63, 3.8) is 0 Å². The van der Waals surface area contributed by atoms with Gasteiger partial charge in [0.2, 0.25) is 0 Å². The maximum absolute atomic E-state index is 11.4. The number of halogens is 1. The molecule has 19 heavy (non-hydrogen) atoms. The molecule has 0 bridgehead atoms. The molecule has 0 amide bonds. The van der Waals surface area contributed by atoms with Gasteiger partial charge in [0.05, 0.1) is 16.8 Å². The predicted molar refractivity (Wildman–Crippen MR) is 75.2 cm³/mol. The van der Waals surface area contributed by atoms with E-state index in [1.807, 2.05) is 4.90 Å². The van der Waals surface area contributed by atoms with Crippen LogP contribution in [-0.4, -0.2) is 37.4 Å². The summed E-state index contributed by atoms with van der Waals surface area (Å²) in [7, 11) is 1.70. The topological polar surface area (TPSA) is 49.8 Å². The van der Waals surface area contributed by atoms with Crippen molar-refractivity contribution < 1.29 is 14.6 Å². The van der Waals surface area contributed by atoms with Crippen LogP contribution in [-0.2, 0) is 4.74 Å². The predicted octanol–water partition coefficient (Wildman–Crippen LogP) is 2.90. The zero-order chi connectivity index (χ0) is 14.0. The Morgan fingerprint density at radius 2 is 2.26 bits per heavy atom. The lowest BCUT2D eigenvalue weighted by Crippen LogP contribution is -2.44. The Balaban J connectivity index is 2.32. The lowest BCUT2D eigenvalue weighted by atomic mass is 9.95. The van der Waals surface area contributed by atoms with Crippen molar-refractivity contribution in [1.29, 1.82) is 0 Å². The van der Waals surface area contributed by atoms with Crippen LogP contribution >= 0.6 is 11.6 Å². The minimum Gasteiger partial charge on any atom is -0.478 e. The maximum atomic E-state index is 11.4. The Morgan fingerprint density at radius 3 is 2.89 bits per heavy atom. The Kier molecular flexibility index (Phi) is 4.32. The van der Waals surface area contributed by atoms with Gasteiger partial charge >= 0.3 is 5.97 Å². The van der Waals surface area contributed by atoms with Gasteiger partial charge in [-0.2, -0.15) is 0 Å². The zero-order valence-corrected chi connectivity index (χ0v) is 11.9.